The van der Waals surface area contributed by atoms with Gasteiger partial charge in [-0.15, -0.1) is 0 Å². The Morgan fingerprint density at radius 2 is 1.91 bits per heavy atom. The average molecular weight is 307 g/mol. The van der Waals surface area contributed by atoms with Gasteiger partial charge in [-0.25, -0.2) is 4.79 Å². The number of benzene rings is 1. The summed E-state index contributed by atoms with van der Waals surface area (Å²) in [6.07, 6.45) is 0. The quantitative estimate of drug-likeness (QED) is 0.582. The Labute approximate surface area is 129 Å². The highest BCUT2D eigenvalue weighted by Gasteiger charge is 2.09. The molecule has 0 radical (unpaired) electrons. The first-order chi connectivity index (χ1) is 10.4. The van der Waals surface area contributed by atoms with E-state index in [-0.39, 0.29) is 24.9 Å². The predicted octanol–water partition coefficient (Wildman–Crippen LogP) is 1.58. The van der Waals surface area contributed by atoms with Crippen molar-refractivity contribution in [2.24, 2.45) is 5.92 Å². The molecule has 0 aromatic heterocycles. The van der Waals surface area contributed by atoms with E-state index in [0.29, 0.717) is 23.8 Å². The summed E-state index contributed by atoms with van der Waals surface area (Å²) in [6, 6.07) is 6.50. The lowest BCUT2D eigenvalue weighted by Gasteiger charge is -2.09. The highest BCUT2D eigenvalue weighted by Crippen LogP contribution is 2.13. The van der Waals surface area contributed by atoms with Crippen LogP contribution in [0.25, 0.3) is 0 Å². The maximum absolute atomic E-state index is 11.5. The van der Waals surface area contributed by atoms with E-state index in [4.69, 9.17) is 9.47 Å². The number of Topliss-reactive ketones (excluding diaryl/α,β-unsaturated/α-hetero) is 1. The fourth-order valence-electron chi connectivity index (χ4n) is 1.50. The summed E-state index contributed by atoms with van der Waals surface area (Å²) in [5.41, 5.74) is 0.499. The van der Waals surface area contributed by atoms with E-state index < -0.39 is 5.97 Å². The summed E-state index contributed by atoms with van der Waals surface area (Å²) in [5.74, 6) is -0.353. The monoisotopic (exact) mass is 307 g/mol. The molecule has 1 rings (SSSR count). The van der Waals surface area contributed by atoms with Crippen LogP contribution in [0.2, 0.25) is 0 Å². The highest BCUT2D eigenvalue weighted by atomic mass is 16.6. The van der Waals surface area contributed by atoms with Gasteiger partial charge in [0, 0.05) is 12.1 Å². The van der Waals surface area contributed by atoms with E-state index in [9.17, 15) is 14.4 Å². The molecule has 0 aliphatic heterocycles. The standard InChI is InChI=1S/C16H21NO5/c1-11(2)8-17-15(19)9-22-16(20)10-21-14-6-4-5-13(7-14)12(3)18/h4-7,11H,8-10H2,1-3H3,(H,17,19). The maximum atomic E-state index is 11.5. The van der Waals surface area contributed by atoms with Gasteiger partial charge >= 0.3 is 5.97 Å². The number of esters is 1. The van der Waals surface area contributed by atoms with Gasteiger partial charge in [0.05, 0.1) is 0 Å². The second-order valence-corrected chi connectivity index (χ2v) is 5.23. The minimum absolute atomic E-state index is 0.0881. The van der Waals surface area contributed by atoms with Crippen LogP contribution in [0.3, 0.4) is 0 Å². The molecule has 0 heterocycles. The molecule has 0 saturated carbocycles. The molecule has 1 amide bonds. The molecule has 0 unspecified atom stereocenters. The summed E-state index contributed by atoms with van der Waals surface area (Å²) >= 11 is 0. The number of rotatable bonds is 8. The molecule has 0 aliphatic carbocycles. The van der Waals surface area contributed by atoms with Crippen molar-refractivity contribution in [3.8, 4) is 5.75 Å². The number of ether oxygens (including phenoxy) is 2. The zero-order chi connectivity index (χ0) is 16.5. The summed E-state index contributed by atoms with van der Waals surface area (Å²) in [7, 11) is 0. The molecule has 0 bridgehead atoms. The van der Waals surface area contributed by atoms with Gasteiger partial charge in [0.2, 0.25) is 0 Å². The highest BCUT2D eigenvalue weighted by molar-refractivity contribution is 5.94. The largest absolute Gasteiger partial charge is 0.482 e. The van der Waals surface area contributed by atoms with E-state index in [1.807, 2.05) is 13.8 Å². The molecule has 120 valence electrons. The Hall–Kier alpha value is -2.37. The fraction of sp³-hybridized carbons (Fsp3) is 0.438. The van der Waals surface area contributed by atoms with Crippen molar-refractivity contribution in [2.75, 3.05) is 19.8 Å². The summed E-state index contributed by atoms with van der Waals surface area (Å²) in [4.78, 5) is 34.1. The Bertz CT molecular complexity index is 539. The van der Waals surface area contributed by atoms with Gasteiger partial charge in [-0.3, -0.25) is 9.59 Å². The van der Waals surface area contributed by atoms with Crippen molar-refractivity contribution in [2.45, 2.75) is 20.8 Å². The van der Waals surface area contributed by atoms with Crippen molar-refractivity contribution in [3.05, 3.63) is 29.8 Å². The minimum Gasteiger partial charge on any atom is -0.482 e. The Kier molecular flexibility index (Phi) is 7.08. The number of nitrogens with one attached hydrogen (secondary N) is 1. The molecular weight excluding hydrogens is 286 g/mol. The molecule has 0 saturated heterocycles. The zero-order valence-corrected chi connectivity index (χ0v) is 13.0. The fourth-order valence-corrected chi connectivity index (χ4v) is 1.50. The number of hydrogen-bond acceptors (Lipinski definition) is 5. The molecule has 6 nitrogen and oxygen atoms in total. The number of carbonyl (C=O) groups is 3. The molecule has 6 heteroatoms. The van der Waals surface area contributed by atoms with Crippen molar-refractivity contribution < 1.29 is 23.9 Å². The Morgan fingerprint density at radius 3 is 2.55 bits per heavy atom. The Balaban J connectivity index is 2.33. The van der Waals surface area contributed by atoms with Gasteiger partial charge in [-0.05, 0) is 25.0 Å². The van der Waals surface area contributed by atoms with E-state index >= 15 is 0 Å². The van der Waals surface area contributed by atoms with Crippen molar-refractivity contribution >= 4 is 17.7 Å². The topological polar surface area (TPSA) is 81.7 Å². The zero-order valence-electron chi connectivity index (χ0n) is 13.0. The second kappa shape index (κ2) is 8.81. The van der Waals surface area contributed by atoms with Gasteiger partial charge in [0.1, 0.15) is 5.75 Å². The lowest BCUT2D eigenvalue weighted by Crippen LogP contribution is -2.32. The first-order valence-corrected chi connectivity index (χ1v) is 7.04. The molecule has 0 atom stereocenters. The van der Waals surface area contributed by atoms with Gasteiger partial charge < -0.3 is 14.8 Å². The van der Waals surface area contributed by atoms with Crippen LogP contribution in [0.4, 0.5) is 0 Å². The third-order valence-corrected chi connectivity index (χ3v) is 2.67. The summed E-state index contributed by atoms with van der Waals surface area (Å²) in [5, 5.41) is 2.64. The van der Waals surface area contributed by atoms with Crippen molar-refractivity contribution in [3.63, 3.8) is 0 Å². The van der Waals surface area contributed by atoms with Gasteiger partial charge in [0.15, 0.2) is 19.0 Å². The predicted molar refractivity (Wildman–Crippen MR) is 80.7 cm³/mol. The molecular formula is C16H21NO5. The number of hydrogen-bond donors (Lipinski definition) is 1. The van der Waals surface area contributed by atoms with Crippen LogP contribution < -0.4 is 10.1 Å². The number of ketones is 1. The molecule has 1 N–H and O–H groups in total. The lowest BCUT2D eigenvalue weighted by atomic mass is 10.1. The van der Waals surface area contributed by atoms with Crippen LogP contribution in [0.5, 0.6) is 5.75 Å². The van der Waals surface area contributed by atoms with E-state index in [1.54, 1.807) is 24.3 Å². The third kappa shape index (κ3) is 6.88. The third-order valence-electron chi connectivity index (χ3n) is 2.67. The normalized spacial score (nSPS) is 10.2. The van der Waals surface area contributed by atoms with Gasteiger partial charge in [-0.2, -0.15) is 0 Å². The summed E-state index contributed by atoms with van der Waals surface area (Å²) < 4.78 is 10.0. The first-order valence-electron chi connectivity index (χ1n) is 7.04. The number of carbonyl (C=O) groups excluding carboxylic acids is 3. The molecule has 22 heavy (non-hydrogen) atoms. The smallest absolute Gasteiger partial charge is 0.344 e. The van der Waals surface area contributed by atoms with Crippen molar-refractivity contribution in [1.29, 1.82) is 0 Å². The number of amides is 1. The minimum atomic E-state index is -0.645. The van der Waals surface area contributed by atoms with Crippen molar-refractivity contribution in [1.82, 2.24) is 5.32 Å². The maximum Gasteiger partial charge on any atom is 0.344 e. The lowest BCUT2D eigenvalue weighted by molar-refractivity contribution is -0.150. The van der Waals surface area contributed by atoms with Crippen LogP contribution in [0, 0.1) is 5.92 Å². The van der Waals surface area contributed by atoms with Crippen LogP contribution in [0.15, 0.2) is 24.3 Å². The molecule has 1 aromatic rings. The summed E-state index contributed by atoms with van der Waals surface area (Å²) in [6.45, 7) is 5.26. The van der Waals surface area contributed by atoms with Crippen LogP contribution in [0.1, 0.15) is 31.1 Å². The van der Waals surface area contributed by atoms with E-state index in [0.717, 1.165) is 0 Å². The SMILES string of the molecule is CC(=O)c1cccc(OCC(=O)OCC(=O)NCC(C)C)c1. The van der Waals surface area contributed by atoms with Gasteiger partial charge in [-0.1, -0.05) is 26.0 Å². The Morgan fingerprint density at radius 1 is 1.18 bits per heavy atom. The molecule has 0 aliphatic rings. The van der Waals surface area contributed by atoms with Crippen LogP contribution in [-0.2, 0) is 14.3 Å². The molecule has 0 fully saturated rings. The van der Waals surface area contributed by atoms with Crippen LogP contribution >= 0.6 is 0 Å². The first kappa shape index (κ1) is 17.7. The van der Waals surface area contributed by atoms with Gasteiger partial charge in [0.25, 0.3) is 5.91 Å². The average Bonchev–Trinajstić information content (AvgIpc) is 2.49. The molecule has 1 aromatic carbocycles. The molecule has 0 spiro atoms. The van der Waals surface area contributed by atoms with Crippen LogP contribution in [-0.4, -0.2) is 37.4 Å². The van der Waals surface area contributed by atoms with E-state index in [1.165, 1.54) is 6.92 Å². The second-order valence-electron chi connectivity index (χ2n) is 5.23. The van der Waals surface area contributed by atoms with E-state index in [2.05, 4.69) is 5.32 Å².